The number of carbonyl (C=O) groups is 1. The molecule has 1 heterocycles. The number of nitrogens with one attached hydrogen (secondary N) is 1. The van der Waals surface area contributed by atoms with Crippen LogP contribution in [0.25, 0.3) is 0 Å². The summed E-state index contributed by atoms with van der Waals surface area (Å²) in [5.41, 5.74) is 0.637. The van der Waals surface area contributed by atoms with E-state index in [1.807, 2.05) is 0 Å². The van der Waals surface area contributed by atoms with E-state index in [0.29, 0.717) is 30.4 Å². The van der Waals surface area contributed by atoms with Gasteiger partial charge in [-0.1, -0.05) is 0 Å². The quantitative estimate of drug-likeness (QED) is 0.905. The van der Waals surface area contributed by atoms with E-state index in [1.54, 1.807) is 32.4 Å². The number of methoxy groups -OCH3 is 2. The van der Waals surface area contributed by atoms with Gasteiger partial charge >= 0.3 is 0 Å². The molecule has 1 aromatic rings. The van der Waals surface area contributed by atoms with Crippen LogP contribution in [-0.4, -0.2) is 33.3 Å². The fraction of sp³-hybridized carbons (Fsp3) is 0.500. The van der Waals surface area contributed by atoms with Crippen LogP contribution in [0, 0.1) is 5.92 Å². The minimum atomic E-state index is 0.00431. The zero-order valence-corrected chi connectivity index (χ0v) is 11.3. The van der Waals surface area contributed by atoms with Gasteiger partial charge in [0.15, 0.2) is 0 Å². The lowest BCUT2D eigenvalue weighted by molar-refractivity contribution is -0.122. The Bertz CT molecular complexity index is 441. The second-order valence-electron chi connectivity index (χ2n) is 4.44. The molecule has 5 heteroatoms. The highest BCUT2D eigenvalue weighted by Crippen LogP contribution is 2.30. The van der Waals surface area contributed by atoms with E-state index in [1.165, 1.54) is 0 Å². The van der Waals surface area contributed by atoms with Gasteiger partial charge < -0.3 is 19.5 Å². The average molecular weight is 265 g/mol. The Morgan fingerprint density at radius 3 is 2.63 bits per heavy atom. The van der Waals surface area contributed by atoms with Gasteiger partial charge in [0.05, 0.1) is 19.9 Å². The third kappa shape index (κ3) is 3.38. The first-order valence-electron chi connectivity index (χ1n) is 6.35. The Hall–Kier alpha value is -1.75. The molecule has 0 saturated carbocycles. The molecule has 1 amide bonds. The average Bonchev–Trinajstić information content (AvgIpc) is 2.48. The fourth-order valence-electron chi connectivity index (χ4n) is 2.11. The molecule has 0 spiro atoms. The van der Waals surface area contributed by atoms with Crippen LogP contribution in [0.3, 0.4) is 0 Å². The maximum Gasteiger partial charge on any atom is 0.227 e. The normalized spacial score (nSPS) is 15.9. The van der Waals surface area contributed by atoms with Crippen LogP contribution >= 0.6 is 0 Å². The number of amides is 1. The highest BCUT2D eigenvalue weighted by atomic mass is 16.5. The molecule has 1 N–H and O–H groups in total. The van der Waals surface area contributed by atoms with E-state index in [0.717, 1.165) is 12.8 Å². The van der Waals surface area contributed by atoms with E-state index < -0.39 is 0 Å². The first kappa shape index (κ1) is 13.7. The van der Waals surface area contributed by atoms with Crippen LogP contribution in [0.4, 0.5) is 5.69 Å². The first-order valence-corrected chi connectivity index (χ1v) is 6.35. The molecule has 0 aromatic heterocycles. The fourth-order valence-corrected chi connectivity index (χ4v) is 2.11. The van der Waals surface area contributed by atoms with Gasteiger partial charge in [0.2, 0.25) is 5.91 Å². The Kier molecular flexibility index (Phi) is 4.63. The number of ether oxygens (including phenoxy) is 3. The van der Waals surface area contributed by atoms with Crippen LogP contribution in [0.1, 0.15) is 12.8 Å². The number of hydrogen-bond donors (Lipinski definition) is 1. The Morgan fingerprint density at radius 2 is 2.00 bits per heavy atom. The van der Waals surface area contributed by atoms with Gasteiger partial charge in [-0.05, 0) is 25.0 Å². The number of hydrogen-bond acceptors (Lipinski definition) is 4. The molecular formula is C14H19NO4. The summed E-state index contributed by atoms with van der Waals surface area (Å²) in [4.78, 5) is 12.2. The third-order valence-electron chi connectivity index (χ3n) is 3.26. The summed E-state index contributed by atoms with van der Waals surface area (Å²) in [6.07, 6.45) is 1.52. The largest absolute Gasteiger partial charge is 0.497 e. The van der Waals surface area contributed by atoms with Crippen molar-refractivity contribution in [3.63, 3.8) is 0 Å². The monoisotopic (exact) mass is 265 g/mol. The second kappa shape index (κ2) is 6.43. The summed E-state index contributed by atoms with van der Waals surface area (Å²) in [6, 6.07) is 5.33. The van der Waals surface area contributed by atoms with E-state index in [-0.39, 0.29) is 11.8 Å². The second-order valence-corrected chi connectivity index (χ2v) is 4.44. The van der Waals surface area contributed by atoms with Crippen molar-refractivity contribution in [3.8, 4) is 11.5 Å². The molecule has 19 heavy (non-hydrogen) atoms. The topological polar surface area (TPSA) is 56.8 Å². The standard InChI is InChI=1S/C14H19NO4/c1-17-11-3-4-13(18-2)12(9-11)15-14(16)10-5-7-19-8-6-10/h3-4,9-10H,5-8H2,1-2H3,(H,15,16). The molecule has 104 valence electrons. The van der Waals surface area contributed by atoms with Gasteiger partial charge in [0.1, 0.15) is 11.5 Å². The number of rotatable bonds is 4. The number of carbonyl (C=O) groups excluding carboxylic acids is 1. The van der Waals surface area contributed by atoms with Crippen molar-refractivity contribution in [2.75, 3.05) is 32.8 Å². The zero-order valence-electron chi connectivity index (χ0n) is 11.3. The van der Waals surface area contributed by atoms with Crippen molar-refractivity contribution < 1.29 is 19.0 Å². The summed E-state index contributed by atoms with van der Waals surface area (Å²) >= 11 is 0. The van der Waals surface area contributed by atoms with Gasteiger partial charge in [0.25, 0.3) is 0 Å². The van der Waals surface area contributed by atoms with Crippen LogP contribution in [-0.2, 0) is 9.53 Å². The molecule has 2 rings (SSSR count). The molecule has 1 aliphatic heterocycles. The zero-order chi connectivity index (χ0) is 13.7. The predicted molar refractivity (Wildman–Crippen MR) is 71.7 cm³/mol. The summed E-state index contributed by atoms with van der Waals surface area (Å²) in [7, 11) is 3.16. The lowest BCUT2D eigenvalue weighted by Gasteiger charge is -2.21. The van der Waals surface area contributed by atoms with Crippen LogP contribution < -0.4 is 14.8 Å². The van der Waals surface area contributed by atoms with Gasteiger partial charge in [-0.15, -0.1) is 0 Å². The Balaban J connectivity index is 2.10. The Labute approximate surface area is 112 Å². The third-order valence-corrected chi connectivity index (χ3v) is 3.26. The highest BCUT2D eigenvalue weighted by Gasteiger charge is 2.22. The van der Waals surface area contributed by atoms with E-state index in [9.17, 15) is 4.79 Å². The van der Waals surface area contributed by atoms with Crippen LogP contribution in [0.2, 0.25) is 0 Å². The van der Waals surface area contributed by atoms with Gasteiger partial charge in [0, 0.05) is 25.2 Å². The molecule has 1 saturated heterocycles. The van der Waals surface area contributed by atoms with Crippen LogP contribution in [0.15, 0.2) is 18.2 Å². The summed E-state index contributed by atoms with van der Waals surface area (Å²) in [5, 5.41) is 2.91. The van der Waals surface area contributed by atoms with Gasteiger partial charge in [-0.2, -0.15) is 0 Å². The molecule has 1 aliphatic rings. The maximum absolute atomic E-state index is 12.2. The lowest BCUT2D eigenvalue weighted by atomic mass is 9.99. The molecule has 0 unspecified atom stereocenters. The molecule has 1 aromatic carbocycles. The molecule has 0 bridgehead atoms. The molecule has 1 fully saturated rings. The number of benzene rings is 1. The highest BCUT2D eigenvalue weighted by molar-refractivity contribution is 5.94. The smallest absolute Gasteiger partial charge is 0.227 e. The van der Waals surface area contributed by atoms with Crippen molar-refractivity contribution in [1.29, 1.82) is 0 Å². The molecule has 0 atom stereocenters. The maximum atomic E-state index is 12.2. The van der Waals surface area contributed by atoms with E-state index in [4.69, 9.17) is 14.2 Å². The number of anilines is 1. The predicted octanol–water partition coefficient (Wildman–Crippen LogP) is 2.07. The summed E-state index contributed by atoms with van der Waals surface area (Å²) < 4.78 is 15.6. The summed E-state index contributed by atoms with van der Waals surface area (Å²) in [5.74, 6) is 1.32. The van der Waals surface area contributed by atoms with Crippen molar-refractivity contribution in [1.82, 2.24) is 0 Å². The molecule has 0 radical (unpaired) electrons. The van der Waals surface area contributed by atoms with Crippen molar-refractivity contribution >= 4 is 11.6 Å². The van der Waals surface area contributed by atoms with Crippen molar-refractivity contribution in [2.45, 2.75) is 12.8 Å². The lowest BCUT2D eigenvalue weighted by Crippen LogP contribution is -2.28. The van der Waals surface area contributed by atoms with E-state index >= 15 is 0 Å². The first-order chi connectivity index (χ1) is 9.24. The SMILES string of the molecule is COc1ccc(OC)c(NC(=O)C2CCOCC2)c1. The van der Waals surface area contributed by atoms with Gasteiger partial charge in [-0.3, -0.25) is 4.79 Å². The summed E-state index contributed by atoms with van der Waals surface area (Å²) in [6.45, 7) is 1.29. The minimum Gasteiger partial charge on any atom is -0.497 e. The van der Waals surface area contributed by atoms with Crippen molar-refractivity contribution in [3.05, 3.63) is 18.2 Å². The van der Waals surface area contributed by atoms with E-state index in [2.05, 4.69) is 5.32 Å². The molecule has 0 aliphatic carbocycles. The minimum absolute atomic E-state index is 0.00431. The molecular weight excluding hydrogens is 246 g/mol. The van der Waals surface area contributed by atoms with Crippen molar-refractivity contribution in [2.24, 2.45) is 5.92 Å². The molecule has 5 nitrogen and oxygen atoms in total. The van der Waals surface area contributed by atoms with Gasteiger partial charge in [-0.25, -0.2) is 0 Å². The Morgan fingerprint density at radius 1 is 1.26 bits per heavy atom. The van der Waals surface area contributed by atoms with Crippen LogP contribution in [0.5, 0.6) is 11.5 Å².